The molecule has 0 amide bonds. The molecule has 86 valence electrons. The summed E-state index contributed by atoms with van der Waals surface area (Å²) in [5.41, 5.74) is 0.995. The molecular formula is C12H21NO2. The number of allylic oxidation sites excluding steroid dienone is 1. The van der Waals surface area contributed by atoms with Crippen molar-refractivity contribution in [1.29, 1.82) is 0 Å². The highest BCUT2D eigenvalue weighted by Gasteiger charge is 2.14. The van der Waals surface area contributed by atoms with E-state index < -0.39 is 5.97 Å². The lowest BCUT2D eigenvalue weighted by atomic mass is 10.0. The molecule has 3 heteroatoms. The summed E-state index contributed by atoms with van der Waals surface area (Å²) in [4.78, 5) is 15.0. The molecule has 0 saturated carbocycles. The van der Waals surface area contributed by atoms with Gasteiger partial charge in [0.25, 0.3) is 0 Å². The van der Waals surface area contributed by atoms with Crippen molar-refractivity contribution in [3.05, 3.63) is 23.9 Å². The number of hydrogen-bond acceptors (Lipinski definition) is 3. The van der Waals surface area contributed by atoms with E-state index in [2.05, 4.69) is 23.0 Å². The van der Waals surface area contributed by atoms with Gasteiger partial charge >= 0.3 is 5.97 Å². The topological polar surface area (TPSA) is 38.7 Å². The van der Waals surface area contributed by atoms with E-state index in [1.165, 1.54) is 13.2 Å². The van der Waals surface area contributed by atoms with Crippen LogP contribution in [0.3, 0.4) is 0 Å². The van der Waals surface area contributed by atoms with Crippen LogP contribution in [0.4, 0.5) is 0 Å². The average Bonchev–Trinajstić information content (AvgIpc) is 2.26. The fourth-order valence-electron chi connectivity index (χ4n) is 0.981. The Morgan fingerprint density at radius 1 is 1.40 bits per heavy atom. The third-order valence-electron chi connectivity index (χ3n) is 1.60. The molecule has 15 heavy (non-hydrogen) atoms. The summed E-state index contributed by atoms with van der Waals surface area (Å²) in [6, 6.07) is 0. The first-order valence-corrected chi connectivity index (χ1v) is 5.00. The SMILES string of the molecule is C=C/C(C(=O)OC)=C(\N=C)C(C)C.CC. The van der Waals surface area contributed by atoms with Crippen LogP contribution in [0.2, 0.25) is 0 Å². The van der Waals surface area contributed by atoms with Gasteiger partial charge in [-0.3, -0.25) is 4.99 Å². The van der Waals surface area contributed by atoms with Crippen molar-refractivity contribution in [2.75, 3.05) is 7.11 Å². The number of ether oxygens (including phenoxy) is 1. The summed E-state index contributed by atoms with van der Waals surface area (Å²) < 4.78 is 4.58. The Labute approximate surface area is 92.6 Å². The Balaban J connectivity index is 0. The van der Waals surface area contributed by atoms with Crippen LogP contribution in [0, 0.1) is 5.92 Å². The molecule has 0 aromatic heterocycles. The average molecular weight is 211 g/mol. The summed E-state index contributed by atoms with van der Waals surface area (Å²) in [5.74, 6) is -0.296. The summed E-state index contributed by atoms with van der Waals surface area (Å²) in [7, 11) is 1.33. The van der Waals surface area contributed by atoms with Gasteiger partial charge in [0.05, 0.1) is 18.4 Å². The van der Waals surface area contributed by atoms with E-state index in [1.54, 1.807) is 0 Å². The van der Waals surface area contributed by atoms with Crippen molar-refractivity contribution < 1.29 is 9.53 Å². The lowest BCUT2D eigenvalue weighted by molar-refractivity contribution is -0.135. The zero-order chi connectivity index (χ0) is 12.4. The number of carbonyl (C=O) groups excluding carboxylic acids is 1. The molecule has 3 nitrogen and oxygen atoms in total. The van der Waals surface area contributed by atoms with Gasteiger partial charge in [0, 0.05) is 0 Å². The highest BCUT2D eigenvalue weighted by Crippen LogP contribution is 2.17. The molecule has 0 fully saturated rings. The maximum atomic E-state index is 11.2. The maximum absolute atomic E-state index is 11.2. The van der Waals surface area contributed by atoms with Crippen molar-refractivity contribution in [2.24, 2.45) is 10.9 Å². The molecule has 0 heterocycles. The molecule has 0 saturated heterocycles. The fourth-order valence-corrected chi connectivity index (χ4v) is 0.981. The molecule has 0 aromatic rings. The van der Waals surface area contributed by atoms with Crippen molar-refractivity contribution in [3.8, 4) is 0 Å². The van der Waals surface area contributed by atoms with Crippen LogP contribution in [0.25, 0.3) is 0 Å². The zero-order valence-corrected chi connectivity index (χ0v) is 10.3. The van der Waals surface area contributed by atoms with Gasteiger partial charge < -0.3 is 4.74 Å². The first-order chi connectivity index (χ1) is 7.08. The molecule has 0 N–H and O–H groups in total. The van der Waals surface area contributed by atoms with Gasteiger partial charge in [0.2, 0.25) is 0 Å². The van der Waals surface area contributed by atoms with E-state index in [0.29, 0.717) is 11.3 Å². The second-order valence-corrected chi connectivity index (χ2v) is 2.81. The Morgan fingerprint density at radius 3 is 2.07 bits per heavy atom. The quantitative estimate of drug-likeness (QED) is 0.310. The number of aliphatic imine (C=N–C) groups is 1. The molecule has 0 rings (SSSR count). The number of carbonyl (C=O) groups is 1. The van der Waals surface area contributed by atoms with Crippen molar-refractivity contribution in [3.63, 3.8) is 0 Å². The third kappa shape index (κ3) is 5.15. The predicted molar refractivity (Wildman–Crippen MR) is 65.0 cm³/mol. The minimum Gasteiger partial charge on any atom is -0.465 e. The molecule has 0 radical (unpaired) electrons. The number of methoxy groups -OCH3 is 1. The largest absolute Gasteiger partial charge is 0.465 e. The van der Waals surface area contributed by atoms with Crippen LogP contribution >= 0.6 is 0 Å². The van der Waals surface area contributed by atoms with Gasteiger partial charge in [-0.2, -0.15) is 0 Å². The Bertz CT molecular complexity index is 252. The van der Waals surface area contributed by atoms with Gasteiger partial charge in [-0.25, -0.2) is 4.79 Å². The molecule has 0 unspecified atom stereocenters. The van der Waals surface area contributed by atoms with Crippen LogP contribution in [-0.4, -0.2) is 19.8 Å². The lowest BCUT2D eigenvalue weighted by Crippen LogP contribution is -2.08. The van der Waals surface area contributed by atoms with Crippen molar-refractivity contribution >= 4 is 12.7 Å². The van der Waals surface area contributed by atoms with Crippen molar-refractivity contribution in [1.82, 2.24) is 0 Å². The summed E-state index contributed by atoms with van der Waals surface area (Å²) in [6.45, 7) is 14.8. The highest BCUT2D eigenvalue weighted by atomic mass is 16.5. The second kappa shape index (κ2) is 9.19. The van der Waals surface area contributed by atoms with E-state index in [-0.39, 0.29) is 5.92 Å². The predicted octanol–water partition coefficient (Wildman–Crippen LogP) is 2.98. The summed E-state index contributed by atoms with van der Waals surface area (Å²) >= 11 is 0. The molecule has 0 aliphatic heterocycles. The van der Waals surface area contributed by atoms with Gasteiger partial charge in [-0.15, -0.1) is 0 Å². The molecule has 0 aliphatic rings. The second-order valence-electron chi connectivity index (χ2n) is 2.81. The lowest BCUT2D eigenvalue weighted by Gasteiger charge is -2.09. The van der Waals surface area contributed by atoms with E-state index >= 15 is 0 Å². The number of nitrogens with zero attached hydrogens (tertiary/aromatic N) is 1. The first-order valence-electron chi connectivity index (χ1n) is 5.00. The van der Waals surface area contributed by atoms with Gasteiger partial charge in [0.1, 0.15) is 0 Å². The number of rotatable bonds is 4. The van der Waals surface area contributed by atoms with E-state index in [4.69, 9.17) is 0 Å². The summed E-state index contributed by atoms with van der Waals surface area (Å²) in [6.07, 6.45) is 1.44. The zero-order valence-electron chi connectivity index (χ0n) is 10.3. The minimum atomic E-state index is -0.425. The molecule has 0 atom stereocenters. The molecular weight excluding hydrogens is 190 g/mol. The maximum Gasteiger partial charge on any atom is 0.339 e. The smallest absolute Gasteiger partial charge is 0.339 e. The van der Waals surface area contributed by atoms with Crippen LogP contribution in [0.5, 0.6) is 0 Å². The van der Waals surface area contributed by atoms with Crippen molar-refractivity contribution in [2.45, 2.75) is 27.7 Å². The molecule has 0 aromatic carbocycles. The number of hydrogen-bond donors (Lipinski definition) is 0. The highest BCUT2D eigenvalue weighted by molar-refractivity contribution is 5.92. The van der Waals surface area contributed by atoms with Crippen LogP contribution in [0.15, 0.2) is 28.9 Å². The van der Waals surface area contributed by atoms with Gasteiger partial charge in [-0.1, -0.05) is 40.3 Å². The Morgan fingerprint density at radius 2 is 1.87 bits per heavy atom. The fraction of sp³-hybridized carbons (Fsp3) is 0.500. The van der Waals surface area contributed by atoms with Crippen LogP contribution in [0.1, 0.15) is 27.7 Å². The standard InChI is InChI=1S/C10H15NO2.C2H6/c1-6-8(10(12)13-5)9(11-4)7(2)3;1-2/h6-7H,1,4H2,2-3,5H3;1-2H3/b9-8+;. The van der Waals surface area contributed by atoms with E-state index in [9.17, 15) is 4.79 Å². The number of esters is 1. The van der Waals surface area contributed by atoms with Crippen LogP contribution < -0.4 is 0 Å². The monoisotopic (exact) mass is 211 g/mol. The Kier molecular flexibility index (Phi) is 9.84. The molecule has 0 aliphatic carbocycles. The van der Waals surface area contributed by atoms with Gasteiger partial charge in [0.15, 0.2) is 0 Å². The summed E-state index contributed by atoms with van der Waals surface area (Å²) in [5, 5.41) is 0. The van der Waals surface area contributed by atoms with Gasteiger partial charge in [-0.05, 0) is 12.6 Å². The molecule has 0 spiro atoms. The van der Waals surface area contributed by atoms with Crippen LogP contribution in [-0.2, 0) is 9.53 Å². The Hall–Kier alpha value is -1.38. The normalized spacial score (nSPS) is 10.8. The minimum absolute atomic E-state index is 0.129. The van der Waals surface area contributed by atoms with E-state index in [1.807, 2.05) is 27.7 Å². The van der Waals surface area contributed by atoms with E-state index in [0.717, 1.165) is 0 Å². The third-order valence-corrected chi connectivity index (χ3v) is 1.60. The molecule has 0 bridgehead atoms. The first kappa shape index (κ1) is 16.1.